The Morgan fingerprint density at radius 1 is 1.13 bits per heavy atom. The summed E-state index contributed by atoms with van der Waals surface area (Å²) in [6.07, 6.45) is 1.08. The molecule has 2 aromatic rings. The molecule has 1 heterocycles. The highest BCUT2D eigenvalue weighted by molar-refractivity contribution is 8.14. The Morgan fingerprint density at radius 3 is 2.52 bits per heavy atom. The van der Waals surface area contributed by atoms with Crippen LogP contribution in [0.15, 0.2) is 59.6 Å². The van der Waals surface area contributed by atoms with Crippen LogP contribution in [0.2, 0.25) is 5.02 Å². The summed E-state index contributed by atoms with van der Waals surface area (Å²) in [5.41, 5.74) is 1.65. The average Bonchev–Trinajstić information content (AvgIpc) is 2.62. The first-order chi connectivity index (χ1) is 11.2. The maximum atomic E-state index is 12.6. The van der Waals surface area contributed by atoms with Gasteiger partial charge in [-0.1, -0.05) is 53.7 Å². The van der Waals surface area contributed by atoms with Crippen molar-refractivity contribution in [3.05, 3.63) is 65.2 Å². The predicted molar refractivity (Wildman–Crippen MR) is 98.9 cm³/mol. The molecule has 23 heavy (non-hydrogen) atoms. The predicted octanol–water partition coefficient (Wildman–Crippen LogP) is 4.52. The minimum absolute atomic E-state index is 0.0782. The zero-order valence-electron chi connectivity index (χ0n) is 12.6. The van der Waals surface area contributed by atoms with E-state index in [0.29, 0.717) is 10.6 Å². The Kier molecular flexibility index (Phi) is 5.36. The monoisotopic (exact) mass is 344 g/mol. The van der Waals surface area contributed by atoms with E-state index in [1.165, 1.54) is 0 Å². The van der Waals surface area contributed by atoms with Crippen molar-refractivity contribution in [2.24, 2.45) is 4.99 Å². The molecule has 0 aromatic heterocycles. The van der Waals surface area contributed by atoms with Crippen molar-refractivity contribution in [3.63, 3.8) is 0 Å². The zero-order chi connectivity index (χ0) is 16.1. The first-order valence-electron chi connectivity index (χ1n) is 7.52. The number of benzene rings is 2. The molecule has 0 unspecified atom stereocenters. The lowest BCUT2D eigenvalue weighted by Crippen LogP contribution is -2.35. The van der Waals surface area contributed by atoms with Gasteiger partial charge in [0, 0.05) is 28.6 Å². The van der Waals surface area contributed by atoms with Crippen LogP contribution >= 0.6 is 23.4 Å². The lowest BCUT2D eigenvalue weighted by Gasteiger charge is -2.27. The fourth-order valence-corrected chi connectivity index (χ4v) is 3.45. The van der Waals surface area contributed by atoms with E-state index in [0.717, 1.165) is 29.6 Å². The summed E-state index contributed by atoms with van der Waals surface area (Å²) >= 11 is 7.68. The van der Waals surface area contributed by atoms with Gasteiger partial charge in [0.1, 0.15) is 0 Å². The molecule has 0 spiro atoms. The molecule has 118 valence electrons. The van der Waals surface area contributed by atoms with Crippen LogP contribution in [-0.2, 0) is 0 Å². The lowest BCUT2D eigenvalue weighted by atomic mass is 10.1. The normalized spacial score (nSPS) is 14.2. The van der Waals surface area contributed by atoms with Gasteiger partial charge in [0.2, 0.25) is 0 Å². The Bertz CT molecular complexity index is 701. The molecule has 0 radical (unpaired) electrons. The minimum atomic E-state index is 0.0782. The van der Waals surface area contributed by atoms with Gasteiger partial charge in [0.25, 0.3) is 0 Å². The van der Waals surface area contributed by atoms with E-state index in [2.05, 4.69) is 4.99 Å². The largest absolute Gasteiger partial charge is 0.313 e. The number of carbonyl (C=O) groups excluding carboxylic acids is 1. The number of anilines is 1. The first kappa shape index (κ1) is 16.1. The van der Waals surface area contributed by atoms with E-state index in [-0.39, 0.29) is 12.3 Å². The van der Waals surface area contributed by atoms with Crippen LogP contribution in [0.3, 0.4) is 0 Å². The third kappa shape index (κ3) is 4.15. The Labute approximate surface area is 145 Å². The molecule has 0 N–H and O–H groups in total. The number of Topliss-reactive ketones (excluding diaryl/α,β-unsaturated/α-hetero) is 1. The van der Waals surface area contributed by atoms with Crippen molar-refractivity contribution < 1.29 is 4.79 Å². The Balaban J connectivity index is 1.87. The van der Waals surface area contributed by atoms with E-state index >= 15 is 0 Å². The second-order valence-corrected chi connectivity index (χ2v) is 6.72. The van der Waals surface area contributed by atoms with Crippen LogP contribution in [-0.4, -0.2) is 29.8 Å². The number of nitrogens with zero attached hydrogens (tertiary/aromatic N) is 2. The molecule has 3 rings (SSSR count). The van der Waals surface area contributed by atoms with E-state index in [9.17, 15) is 4.79 Å². The maximum Gasteiger partial charge on any atom is 0.182 e. The Morgan fingerprint density at radius 2 is 1.87 bits per heavy atom. The highest BCUT2D eigenvalue weighted by atomic mass is 35.5. The average molecular weight is 345 g/mol. The SMILES string of the molecule is O=C(CN(C1=NCCCS1)c1ccc(Cl)cc1)c1ccccc1. The van der Waals surface area contributed by atoms with E-state index < -0.39 is 0 Å². The van der Waals surface area contributed by atoms with Crippen LogP contribution in [0.5, 0.6) is 0 Å². The summed E-state index contributed by atoms with van der Waals surface area (Å²) in [7, 11) is 0. The number of aliphatic imine (C=N–C) groups is 1. The molecule has 0 bridgehead atoms. The van der Waals surface area contributed by atoms with Gasteiger partial charge in [-0.25, -0.2) is 0 Å². The molecule has 0 saturated carbocycles. The zero-order valence-corrected chi connectivity index (χ0v) is 14.2. The highest BCUT2D eigenvalue weighted by Gasteiger charge is 2.20. The number of ketones is 1. The van der Waals surface area contributed by atoms with Gasteiger partial charge in [0.05, 0.1) is 6.54 Å². The van der Waals surface area contributed by atoms with Gasteiger partial charge in [0.15, 0.2) is 11.0 Å². The van der Waals surface area contributed by atoms with Gasteiger partial charge < -0.3 is 4.90 Å². The van der Waals surface area contributed by atoms with Crippen LogP contribution in [0, 0.1) is 0 Å². The molecule has 3 nitrogen and oxygen atoms in total. The van der Waals surface area contributed by atoms with Crippen LogP contribution < -0.4 is 4.90 Å². The van der Waals surface area contributed by atoms with Crippen LogP contribution in [0.1, 0.15) is 16.8 Å². The maximum absolute atomic E-state index is 12.6. The minimum Gasteiger partial charge on any atom is -0.313 e. The number of carbonyl (C=O) groups is 1. The molecule has 0 aliphatic carbocycles. The number of amidine groups is 1. The second-order valence-electron chi connectivity index (χ2n) is 5.22. The van der Waals surface area contributed by atoms with Crippen LogP contribution in [0.25, 0.3) is 0 Å². The molecule has 0 atom stereocenters. The number of halogens is 1. The third-order valence-electron chi connectivity index (χ3n) is 3.55. The molecule has 1 aliphatic heterocycles. The van der Waals surface area contributed by atoms with Crippen molar-refractivity contribution in [3.8, 4) is 0 Å². The topological polar surface area (TPSA) is 32.7 Å². The van der Waals surface area contributed by atoms with Crippen molar-refractivity contribution in [2.75, 3.05) is 23.7 Å². The summed E-state index contributed by atoms with van der Waals surface area (Å²) in [6.45, 7) is 1.09. The first-order valence-corrected chi connectivity index (χ1v) is 8.89. The molecule has 0 saturated heterocycles. The van der Waals surface area contributed by atoms with Gasteiger partial charge >= 0.3 is 0 Å². The fourth-order valence-electron chi connectivity index (χ4n) is 2.36. The molecule has 2 aromatic carbocycles. The van der Waals surface area contributed by atoms with Gasteiger partial charge in [-0.3, -0.25) is 9.79 Å². The summed E-state index contributed by atoms with van der Waals surface area (Å²) < 4.78 is 0. The smallest absolute Gasteiger partial charge is 0.182 e. The molecule has 0 fully saturated rings. The summed E-state index contributed by atoms with van der Waals surface area (Å²) in [5.74, 6) is 1.11. The molecule has 0 amide bonds. The lowest BCUT2D eigenvalue weighted by molar-refractivity contribution is 0.100. The van der Waals surface area contributed by atoms with E-state index in [1.807, 2.05) is 59.5 Å². The van der Waals surface area contributed by atoms with Crippen molar-refractivity contribution in [2.45, 2.75) is 6.42 Å². The number of thioether (sulfide) groups is 1. The highest BCUT2D eigenvalue weighted by Crippen LogP contribution is 2.24. The molecular weight excluding hydrogens is 328 g/mol. The van der Waals surface area contributed by atoms with Crippen molar-refractivity contribution >= 4 is 40.0 Å². The number of rotatable bonds is 4. The third-order valence-corrected chi connectivity index (χ3v) is 4.90. The van der Waals surface area contributed by atoms with Gasteiger partial charge in [-0.05, 0) is 30.7 Å². The fraction of sp³-hybridized carbons (Fsp3) is 0.222. The van der Waals surface area contributed by atoms with E-state index in [4.69, 9.17) is 11.6 Å². The molecule has 5 heteroatoms. The molecule has 1 aliphatic rings. The van der Waals surface area contributed by atoms with Crippen LogP contribution in [0.4, 0.5) is 5.69 Å². The second kappa shape index (κ2) is 7.66. The molecular formula is C18H17ClN2OS. The Hall–Kier alpha value is -1.78. The van der Waals surface area contributed by atoms with Crippen molar-refractivity contribution in [1.29, 1.82) is 0 Å². The number of hydrogen-bond donors (Lipinski definition) is 0. The summed E-state index contributed by atoms with van der Waals surface area (Å²) in [4.78, 5) is 19.2. The summed E-state index contributed by atoms with van der Waals surface area (Å²) in [6, 6.07) is 16.9. The standard InChI is InChI=1S/C18H17ClN2OS/c19-15-7-9-16(10-8-15)21(18-20-11-4-12-23-18)13-17(22)14-5-2-1-3-6-14/h1-3,5-10H,4,11-13H2. The van der Waals surface area contributed by atoms with Crippen molar-refractivity contribution in [1.82, 2.24) is 0 Å². The summed E-state index contributed by atoms with van der Waals surface area (Å²) in [5, 5.41) is 1.59. The van der Waals surface area contributed by atoms with E-state index in [1.54, 1.807) is 11.8 Å². The quantitative estimate of drug-likeness (QED) is 0.764. The number of hydrogen-bond acceptors (Lipinski definition) is 4. The van der Waals surface area contributed by atoms with Gasteiger partial charge in [-0.2, -0.15) is 0 Å². The van der Waals surface area contributed by atoms with Gasteiger partial charge in [-0.15, -0.1) is 0 Å².